The molecule has 1 N–H and O–H groups in total. The van der Waals surface area contributed by atoms with E-state index in [9.17, 15) is 9.59 Å². The van der Waals surface area contributed by atoms with Gasteiger partial charge in [0.15, 0.2) is 11.5 Å². The summed E-state index contributed by atoms with van der Waals surface area (Å²) in [5.74, 6) is 1.14. The maximum Gasteiger partial charge on any atom is 0.254 e. The summed E-state index contributed by atoms with van der Waals surface area (Å²) >= 11 is 0. The van der Waals surface area contributed by atoms with Crippen molar-refractivity contribution in [2.24, 2.45) is 5.92 Å². The second-order valence-corrected chi connectivity index (χ2v) is 7.86. The third-order valence-corrected chi connectivity index (χ3v) is 4.94. The van der Waals surface area contributed by atoms with Gasteiger partial charge in [-0.25, -0.2) is 0 Å². The number of ether oxygens (including phenoxy) is 2. The fraction of sp³-hybridized carbons (Fsp3) is 0.333. The van der Waals surface area contributed by atoms with Crippen LogP contribution in [0.15, 0.2) is 47.3 Å². The van der Waals surface area contributed by atoms with Crippen molar-refractivity contribution in [3.63, 3.8) is 0 Å². The molecule has 0 aliphatic rings. The molecule has 3 rings (SSSR count). The SMILES string of the molecule is COc1ccc(C(=O)N(Cc2cc3cc(C)ccc3[nH]c2=O)CC(C)C)cc1OC. The van der Waals surface area contributed by atoms with Crippen LogP contribution in [0.5, 0.6) is 11.5 Å². The highest BCUT2D eigenvalue weighted by atomic mass is 16.5. The van der Waals surface area contributed by atoms with Gasteiger partial charge in [0.25, 0.3) is 11.5 Å². The fourth-order valence-corrected chi connectivity index (χ4v) is 3.51. The maximum absolute atomic E-state index is 13.3. The molecule has 6 nitrogen and oxygen atoms in total. The van der Waals surface area contributed by atoms with E-state index < -0.39 is 0 Å². The van der Waals surface area contributed by atoms with Crippen molar-refractivity contribution in [3.05, 3.63) is 69.5 Å². The third kappa shape index (κ3) is 4.64. The lowest BCUT2D eigenvalue weighted by Gasteiger charge is -2.25. The van der Waals surface area contributed by atoms with Crippen molar-refractivity contribution in [2.45, 2.75) is 27.3 Å². The molecule has 0 saturated carbocycles. The molecule has 0 radical (unpaired) electrons. The van der Waals surface area contributed by atoms with Gasteiger partial charge in [-0.05, 0) is 54.6 Å². The Morgan fingerprint density at radius 2 is 1.77 bits per heavy atom. The molecule has 0 aliphatic carbocycles. The van der Waals surface area contributed by atoms with E-state index in [0.29, 0.717) is 29.2 Å². The summed E-state index contributed by atoms with van der Waals surface area (Å²) in [5.41, 5.74) is 2.76. The molecular weight excluding hydrogens is 380 g/mol. The lowest BCUT2D eigenvalue weighted by atomic mass is 10.1. The minimum atomic E-state index is -0.180. The number of aromatic nitrogens is 1. The quantitative estimate of drug-likeness (QED) is 0.637. The number of aromatic amines is 1. The second kappa shape index (κ2) is 9.03. The summed E-state index contributed by atoms with van der Waals surface area (Å²) in [6.07, 6.45) is 0. The summed E-state index contributed by atoms with van der Waals surface area (Å²) in [7, 11) is 3.09. The van der Waals surface area contributed by atoms with E-state index in [1.165, 1.54) is 7.11 Å². The smallest absolute Gasteiger partial charge is 0.254 e. The van der Waals surface area contributed by atoms with Gasteiger partial charge in [0.2, 0.25) is 0 Å². The highest BCUT2D eigenvalue weighted by Crippen LogP contribution is 2.28. The number of H-pyrrole nitrogens is 1. The minimum Gasteiger partial charge on any atom is -0.493 e. The Morgan fingerprint density at radius 3 is 2.43 bits per heavy atom. The molecule has 0 bridgehead atoms. The van der Waals surface area contributed by atoms with Gasteiger partial charge in [-0.1, -0.05) is 25.5 Å². The van der Waals surface area contributed by atoms with Gasteiger partial charge in [0.05, 0.1) is 20.8 Å². The zero-order valence-electron chi connectivity index (χ0n) is 18.1. The first kappa shape index (κ1) is 21.4. The van der Waals surface area contributed by atoms with Crippen molar-refractivity contribution in [1.29, 1.82) is 0 Å². The first-order valence-corrected chi connectivity index (χ1v) is 9.96. The summed E-state index contributed by atoms with van der Waals surface area (Å²) in [4.78, 5) is 30.6. The number of methoxy groups -OCH3 is 2. The van der Waals surface area contributed by atoms with Crippen molar-refractivity contribution in [2.75, 3.05) is 20.8 Å². The zero-order chi connectivity index (χ0) is 21.8. The Kier molecular flexibility index (Phi) is 6.45. The summed E-state index contributed by atoms with van der Waals surface area (Å²) < 4.78 is 10.6. The number of pyridine rings is 1. The molecule has 6 heteroatoms. The van der Waals surface area contributed by atoms with Crippen molar-refractivity contribution in [3.8, 4) is 11.5 Å². The molecule has 3 aromatic rings. The van der Waals surface area contributed by atoms with Crippen LogP contribution in [0.1, 0.15) is 35.3 Å². The van der Waals surface area contributed by atoms with Gasteiger partial charge >= 0.3 is 0 Å². The number of rotatable bonds is 7. The van der Waals surface area contributed by atoms with Gasteiger partial charge in [-0.3, -0.25) is 9.59 Å². The molecule has 0 unspecified atom stereocenters. The molecule has 0 fully saturated rings. The Bertz CT molecular complexity index is 1120. The number of fused-ring (bicyclic) bond motifs is 1. The summed E-state index contributed by atoms with van der Waals surface area (Å²) in [5, 5.41) is 0.952. The molecule has 0 saturated heterocycles. The summed E-state index contributed by atoms with van der Waals surface area (Å²) in [6.45, 7) is 6.85. The van der Waals surface area contributed by atoms with Crippen LogP contribution in [0.4, 0.5) is 0 Å². The van der Waals surface area contributed by atoms with Crippen LogP contribution in [-0.4, -0.2) is 36.6 Å². The van der Waals surface area contributed by atoms with E-state index in [1.807, 2.05) is 45.0 Å². The zero-order valence-corrected chi connectivity index (χ0v) is 18.1. The molecular formula is C24H28N2O4. The number of benzene rings is 2. The van der Waals surface area contributed by atoms with Crippen LogP contribution in [0.3, 0.4) is 0 Å². The first-order valence-electron chi connectivity index (χ1n) is 9.96. The van der Waals surface area contributed by atoms with Crippen molar-refractivity contribution in [1.82, 2.24) is 9.88 Å². The number of hydrogen-bond donors (Lipinski definition) is 1. The van der Waals surface area contributed by atoms with E-state index >= 15 is 0 Å². The molecule has 2 aromatic carbocycles. The van der Waals surface area contributed by atoms with Gasteiger partial charge in [-0.15, -0.1) is 0 Å². The van der Waals surface area contributed by atoms with E-state index in [0.717, 1.165) is 16.5 Å². The normalized spacial score (nSPS) is 11.0. The second-order valence-electron chi connectivity index (χ2n) is 7.86. The molecule has 30 heavy (non-hydrogen) atoms. The van der Waals surface area contributed by atoms with Crippen LogP contribution in [0, 0.1) is 12.8 Å². The number of hydrogen-bond acceptors (Lipinski definition) is 4. The molecule has 1 heterocycles. The van der Waals surface area contributed by atoms with Crippen LogP contribution in [0.25, 0.3) is 10.9 Å². The first-order chi connectivity index (χ1) is 14.3. The Morgan fingerprint density at radius 1 is 1.03 bits per heavy atom. The van der Waals surface area contributed by atoms with E-state index in [2.05, 4.69) is 4.98 Å². The molecule has 1 amide bonds. The molecule has 1 aromatic heterocycles. The van der Waals surface area contributed by atoms with Crippen LogP contribution >= 0.6 is 0 Å². The van der Waals surface area contributed by atoms with E-state index in [1.54, 1.807) is 30.2 Å². The largest absolute Gasteiger partial charge is 0.493 e. The van der Waals surface area contributed by atoms with Gasteiger partial charge in [0.1, 0.15) is 0 Å². The van der Waals surface area contributed by atoms with Crippen molar-refractivity contribution < 1.29 is 14.3 Å². The average molecular weight is 408 g/mol. The number of carbonyl (C=O) groups excluding carboxylic acids is 1. The third-order valence-electron chi connectivity index (χ3n) is 4.94. The number of amides is 1. The molecule has 0 atom stereocenters. The molecule has 0 aliphatic heterocycles. The number of nitrogens with zero attached hydrogens (tertiary/aromatic N) is 1. The van der Waals surface area contributed by atoms with Gasteiger partial charge < -0.3 is 19.4 Å². The van der Waals surface area contributed by atoms with Gasteiger partial charge in [-0.2, -0.15) is 0 Å². The minimum absolute atomic E-state index is 0.159. The van der Waals surface area contributed by atoms with Crippen LogP contribution in [-0.2, 0) is 6.54 Å². The predicted octanol–water partition coefficient (Wildman–Crippen LogP) is 4.15. The highest BCUT2D eigenvalue weighted by molar-refractivity contribution is 5.95. The lowest BCUT2D eigenvalue weighted by molar-refractivity contribution is 0.0721. The average Bonchev–Trinajstić information content (AvgIpc) is 2.72. The number of aryl methyl sites for hydroxylation is 1. The maximum atomic E-state index is 13.3. The van der Waals surface area contributed by atoms with E-state index in [4.69, 9.17) is 9.47 Å². The summed E-state index contributed by atoms with van der Waals surface area (Å²) in [6, 6.07) is 12.9. The topological polar surface area (TPSA) is 71.6 Å². The number of carbonyl (C=O) groups is 1. The number of nitrogens with one attached hydrogen (secondary N) is 1. The Balaban J connectivity index is 1.97. The fourth-order valence-electron chi connectivity index (χ4n) is 3.51. The Labute approximate surface area is 176 Å². The highest BCUT2D eigenvalue weighted by Gasteiger charge is 2.20. The lowest BCUT2D eigenvalue weighted by Crippen LogP contribution is -2.35. The van der Waals surface area contributed by atoms with Crippen molar-refractivity contribution >= 4 is 16.8 Å². The molecule has 158 valence electrons. The van der Waals surface area contributed by atoms with Crippen LogP contribution in [0.2, 0.25) is 0 Å². The molecule has 0 spiro atoms. The standard InChI is InChI=1S/C24H28N2O4/c1-15(2)13-26(24(28)17-7-9-21(29-4)22(12-17)30-5)14-19-11-18-10-16(3)6-8-20(18)25-23(19)27/h6-12,15H,13-14H2,1-5H3,(H,25,27). The van der Waals surface area contributed by atoms with E-state index in [-0.39, 0.29) is 23.9 Å². The van der Waals surface area contributed by atoms with Crippen LogP contribution < -0.4 is 15.0 Å². The Hall–Kier alpha value is -3.28. The van der Waals surface area contributed by atoms with Gasteiger partial charge in [0, 0.05) is 23.2 Å². The monoisotopic (exact) mass is 408 g/mol. The predicted molar refractivity (Wildman–Crippen MR) is 118 cm³/mol.